The fraction of sp³-hybridized carbons (Fsp3) is 0.909. The summed E-state index contributed by atoms with van der Waals surface area (Å²) in [4.78, 5) is 32.7. The van der Waals surface area contributed by atoms with Gasteiger partial charge in [-0.1, -0.05) is 0 Å². The minimum atomic E-state index is -0.0669. The number of carbonyl (C=O) groups excluding carboxylic acids is 2. The Morgan fingerprint density at radius 1 is 0.852 bits per heavy atom. The summed E-state index contributed by atoms with van der Waals surface area (Å²) < 4.78 is 0. The summed E-state index contributed by atoms with van der Waals surface area (Å²) in [5.74, 6) is 3.04. The maximum atomic E-state index is 13.6. The smallest absolute Gasteiger partial charge is 0.228 e. The molecule has 4 bridgehead atoms. The predicted molar refractivity (Wildman–Crippen MR) is 104 cm³/mol. The first-order chi connectivity index (χ1) is 13.1. The second-order valence-corrected chi connectivity index (χ2v) is 10.2. The van der Waals surface area contributed by atoms with Gasteiger partial charge in [0.1, 0.15) is 0 Å². The second kappa shape index (κ2) is 7.06. The molecule has 0 aromatic carbocycles. The van der Waals surface area contributed by atoms with E-state index in [-0.39, 0.29) is 11.3 Å². The zero-order chi connectivity index (χ0) is 18.4. The summed E-state index contributed by atoms with van der Waals surface area (Å²) in [6.45, 7) is 6.29. The molecule has 0 radical (unpaired) electrons. The van der Waals surface area contributed by atoms with Crippen LogP contribution in [0.15, 0.2) is 0 Å². The highest BCUT2D eigenvalue weighted by atomic mass is 16.2. The molecular formula is C22H35N3O2. The molecule has 4 saturated carbocycles. The molecule has 2 heterocycles. The van der Waals surface area contributed by atoms with E-state index in [9.17, 15) is 9.59 Å². The number of likely N-dealkylation sites (tertiary alicyclic amines) is 1. The lowest BCUT2D eigenvalue weighted by molar-refractivity contribution is -0.157. The molecule has 5 nitrogen and oxygen atoms in total. The molecule has 4 aliphatic carbocycles. The minimum absolute atomic E-state index is 0.0669. The van der Waals surface area contributed by atoms with Gasteiger partial charge < -0.3 is 14.7 Å². The first kappa shape index (κ1) is 18.0. The number of hydrogen-bond donors (Lipinski definition) is 0. The van der Waals surface area contributed by atoms with Gasteiger partial charge >= 0.3 is 0 Å². The van der Waals surface area contributed by atoms with Gasteiger partial charge in [0.2, 0.25) is 11.8 Å². The average molecular weight is 374 g/mol. The quantitative estimate of drug-likeness (QED) is 0.760. The van der Waals surface area contributed by atoms with Crippen molar-refractivity contribution >= 4 is 11.8 Å². The van der Waals surface area contributed by atoms with Crippen LogP contribution in [-0.4, -0.2) is 72.3 Å². The van der Waals surface area contributed by atoms with Crippen molar-refractivity contribution in [3.8, 4) is 0 Å². The van der Waals surface area contributed by atoms with Crippen LogP contribution in [0.1, 0.15) is 57.8 Å². The van der Waals surface area contributed by atoms with Crippen LogP contribution in [-0.2, 0) is 9.59 Å². The average Bonchev–Trinajstić information content (AvgIpc) is 3.09. The van der Waals surface area contributed by atoms with E-state index in [1.165, 1.54) is 45.2 Å². The molecule has 0 N–H and O–H groups in total. The number of amides is 2. The van der Waals surface area contributed by atoms with Gasteiger partial charge in [-0.3, -0.25) is 9.59 Å². The summed E-state index contributed by atoms with van der Waals surface area (Å²) >= 11 is 0. The van der Waals surface area contributed by atoms with Gasteiger partial charge in [0.15, 0.2) is 0 Å². The Labute approximate surface area is 163 Å². The van der Waals surface area contributed by atoms with Gasteiger partial charge in [0, 0.05) is 39.1 Å². The molecule has 0 aromatic rings. The topological polar surface area (TPSA) is 43.9 Å². The van der Waals surface area contributed by atoms with Crippen molar-refractivity contribution in [3.05, 3.63) is 0 Å². The molecular weight excluding hydrogens is 338 g/mol. The second-order valence-electron chi connectivity index (χ2n) is 10.2. The molecule has 5 heteroatoms. The van der Waals surface area contributed by atoms with Crippen molar-refractivity contribution < 1.29 is 9.59 Å². The Morgan fingerprint density at radius 2 is 1.48 bits per heavy atom. The molecule has 27 heavy (non-hydrogen) atoms. The van der Waals surface area contributed by atoms with E-state index in [4.69, 9.17) is 0 Å². The third-order valence-corrected chi connectivity index (χ3v) is 8.25. The number of hydrogen-bond acceptors (Lipinski definition) is 3. The van der Waals surface area contributed by atoms with Gasteiger partial charge in [0.05, 0.1) is 5.41 Å². The van der Waals surface area contributed by atoms with Crippen molar-refractivity contribution in [2.45, 2.75) is 57.8 Å². The normalized spacial score (nSPS) is 39.3. The Hall–Kier alpha value is -1.10. The first-order valence-corrected chi connectivity index (χ1v) is 11.4. The molecule has 2 amide bonds. The number of rotatable bonds is 4. The van der Waals surface area contributed by atoms with Crippen molar-refractivity contribution in [2.24, 2.45) is 23.2 Å². The van der Waals surface area contributed by atoms with E-state index in [0.717, 1.165) is 63.2 Å². The standard InChI is InChI=1S/C22H35N3O2/c26-20-3-6-25(10-9-24(20)8-7-23-4-1-2-5-23)21(27)22-14-17-11-18(15-22)13-19(12-17)16-22/h17-19H,1-16H2. The molecule has 6 fully saturated rings. The lowest BCUT2D eigenvalue weighted by Gasteiger charge is -2.56. The maximum Gasteiger partial charge on any atom is 0.228 e. The predicted octanol–water partition coefficient (Wildman–Crippen LogP) is 2.36. The fourth-order valence-corrected chi connectivity index (χ4v) is 7.28. The third-order valence-electron chi connectivity index (χ3n) is 8.25. The summed E-state index contributed by atoms with van der Waals surface area (Å²) in [5, 5.41) is 0. The maximum absolute atomic E-state index is 13.6. The third kappa shape index (κ3) is 3.41. The molecule has 6 rings (SSSR count). The Kier molecular flexibility index (Phi) is 4.69. The summed E-state index contributed by atoms with van der Waals surface area (Å²) in [5.41, 5.74) is -0.0669. The number of carbonyl (C=O) groups is 2. The van der Waals surface area contributed by atoms with Gasteiger partial charge in [-0.15, -0.1) is 0 Å². The lowest BCUT2D eigenvalue weighted by Crippen LogP contribution is -2.55. The molecule has 0 atom stereocenters. The zero-order valence-corrected chi connectivity index (χ0v) is 16.7. The van der Waals surface area contributed by atoms with Crippen LogP contribution in [0.25, 0.3) is 0 Å². The van der Waals surface area contributed by atoms with Crippen LogP contribution in [0.4, 0.5) is 0 Å². The molecule has 2 saturated heterocycles. The number of nitrogens with zero attached hydrogens (tertiary/aromatic N) is 3. The van der Waals surface area contributed by atoms with Crippen molar-refractivity contribution in [1.82, 2.24) is 14.7 Å². The van der Waals surface area contributed by atoms with Crippen LogP contribution < -0.4 is 0 Å². The Bertz CT molecular complexity index is 563. The molecule has 0 spiro atoms. The van der Waals surface area contributed by atoms with Crippen LogP contribution >= 0.6 is 0 Å². The highest BCUT2D eigenvalue weighted by Crippen LogP contribution is 2.60. The largest absolute Gasteiger partial charge is 0.340 e. The molecule has 6 aliphatic rings. The van der Waals surface area contributed by atoms with Crippen LogP contribution in [0, 0.1) is 23.2 Å². The van der Waals surface area contributed by atoms with Gasteiger partial charge in [-0.05, 0) is 82.2 Å². The summed E-state index contributed by atoms with van der Waals surface area (Å²) in [6.07, 6.45) is 10.6. The van der Waals surface area contributed by atoms with Crippen LogP contribution in [0.3, 0.4) is 0 Å². The molecule has 0 unspecified atom stereocenters. The molecule has 2 aliphatic heterocycles. The van der Waals surface area contributed by atoms with Crippen molar-refractivity contribution in [1.29, 1.82) is 0 Å². The van der Waals surface area contributed by atoms with Gasteiger partial charge in [-0.25, -0.2) is 0 Å². The zero-order valence-electron chi connectivity index (χ0n) is 16.7. The van der Waals surface area contributed by atoms with E-state index in [1.807, 2.05) is 4.90 Å². The van der Waals surface area contributed by atoms with E-state index < -0.39 is 0 Å². The summed E-state index contributed by atoms with van der Waals surface area (Å²) in [6, 6.07) is 0. The van der Waals surface area contributed by atoms with E-state index in [0.29, 0.717) is 18.9 Å². The van der Waals surface area contributed by atoms with Crippen LogP contribution in [0.2, 0.25) is 0 Å². The highest BCUT2D eigenvalue weighted by Gasteiger charge is 2.55. The van der Waals surface area contributed by atoms with E-state index in [2.05, 4.69) is 9.80 Å². The van der Waals surface area contributed by atoms with Gasteiger partial charge in [0.25, 0.3) is 0 Å². The first-order valence-electron chi connectivity index (χ1n) is 11.4. The minimum Gasteiger partial charge on any atom is -0.340 e. The van der Waals surface area contributed by atoms with Gasteiger partial charge in [-0.2, -0.15) is 0 Å². The lowest BCUT2D eigenvalue weighted by atomic mass is 9.49. The van der Waals surface area contributed by atoms with E-state index >= 15 is 0 Å². The highest BCUT2D eigenvalue weighted by molar-refractivity contribution is 5.85. The fourth-order valence-electron chi connectivity index (χ4n) is 7.28. The Morgan fingerprint density at radius 3 is 2.11 bits per heavy atom. The molecule has 150 valence electrons. The monoisotopic (exact) mass is 373 g/mol. The van der Waals surface area contributed by atoms with E-state index in [1.54, 1.807) is 0 Å². The summed E-state index contributed by atoms with van der Waals surface area (Å²) in [7, 11) is 0. The Balaban J connectivity index is 1.21. The van der Waals surface area contributed by atoms with Crippen molar-refractivity contribution in [2.75, 3.05) is 45.8 Å². The SMILES string of the molecule is O=C1CCN(C(=O)C23CC4CC(CC(C4)C2)C3)CCN1CCN1CCCC1. The molecule has 0 aromatic heterocycles. The van der Waals surface area contributed by atoms with Crippen LogP contribution in [0.5, 0.6) is 0 Å². The van der Waals surface area contributed by atoms with Crippen molar-refractivity contribution in [3.63, 3.8) is 0 Å².